The first kappa shape index (κ1) is 23.8. The Hall–Kier alpha value is -1.26. The lowest BCUT2D eigenvalue weighted by molar-refractivity contribution is -0.128. The number of H-pyrrole nitrogens is 1. The first-order valence-electron chi connectivity index (χ1n) is 8.46. The number of rotatable bonds is 14. The second-order valence-electron chi connectivity index (χ2n) is 5.80. The van der Waals surface area contributed by atoms with E-state index in [9.17, 15) is 14.5 Å². The number of ether oxygens (including phenoxy) is 4. The van der Waals surface area contributed by atoms with Gasteiger partial charge in [0.1, 0.15) is 13.4 Å². The lowest BCUT2D eigenvalue weighted by Crippen LogP contribution is -2.38. The van der Waals surface area contributed by atoms with Crippen molar-refractivity contribution in [2.24, 2.45) is 0 Å². The summed E-state index contributed by atoms with van der Waals surface area (Å²) in [4.78, 5) is 35.3. The maximum Gasteiger partial charge on any atom is 0.330 e. The van der Waals surface area contributed by atoms with Gasteiger partial charge in [0.05, 0.1) is 33.0 Å². The molecule has 10 nitrogen and oxygen atoms in total. The van der Waals surface area contributed by atoms with Crippen molar-refractivity contribution in [1.82, 2.24) is 9.55 Å². The van der Waals surface area contributed by atoms with Crippen molar-refractivity contribution in [3.63, 3.8) is 0 Å². The summed E-state index contributed by atoms with van der Waals surface area (Å²) in [5.41, 5.74) is -1.14. The molecule has 0 saturated carbocycles. The quantitative estimate of drug-likeness (QED) is 0.327. The number of nitrogens with zero attached hydrogens (tertiary/aromatic N) is 1. The van der Waals surface area contributed by atoms with E-state index in [1.54, 1.807) is 0 Å². The number of hydrogen-bond acceptors (Lipinski definition) is 8. The van der Waals surface area contributed by atoms with Crippen LogP contribution in [0.1, 0.15) is 13.2 Å². The van der Waals surface area contributed by atoms with Gasteiger partial charge in [0.2, 0.25) is 0 Å². The molecule has 1 aromatic heterocycles. The number of methoxy groups -OCH3 is 1. The highest BCUT2D eigenvalue weighted by Gasteiger charge is 2.21. The van der Waals surface area contributed by atoms with Crippen LogP contribution >= 0.6 is 7.34 Å². The van der Waals surface area contributed by atoms with Gasteiger partial charge in [-0.25, -0.2) is 4.79 Å². The molecule has 0 aliphatic rings. The average Bonchev–Trinajstić information content (AvgIpc) is 2.58. The number of nitrogens with one attached hydrogen (secondary N) is 1. The third-order valence-corrected chi connectivity index (χ3v) is 3.94. The molecule has 0 aromatic carbocycles. The Morgan fingerprint density at radius 2 is 1.96 bits per heavy atom. The highest BCUT2D eigenvalue weighted by Crippen LogP contribution is 2.36. The van der Waals surface area contributed by atoms with E-state index in [1.807, 2.05) is 6.92 Å². The van der Waals surface area contributed by atoms with Gasteiger partial charge in [0, 0.05) is 32.6 Å². The minimum absolute atomic E-state index is 0.0195. The number of aromatic nitrogens is 2. The second kappa shape index (κ2) is 12.2. The molecule has 27 heavy (non-hydrogen) atoms. The summed E-state index contributed by atoms with van der Waals surface area (Å²) in [7, 11) is -1.21. The van der Waals surface area contributed by atoms with Gasteiger partial charge in [-0.1, -0.05) is 6.30 Å². The molecule has 0 bridgehead atoms. The Morgan fingerprint density at radius 3 is 2.56 bits per heavy atom. The second-order valence-corrected chi connectivity index (χ2v) is 8.16. The van der Waals surface area contributed by atoms with E-state index in [0.717, 1.165) is 0 Å². The van der Waals surface area contributed by atoms with Crippen LogP contribution in [-0.4, -0.2) is 80.3 Å². The summed E-state index contributed by atoms with van der Waals surface area (Å²) < 4.78 is 28.3. The van der Waals surface area contributed by atoms with E-state index in [2.05, 4.69) is 11.3 Å². The molecule has 1 aromatic rings. The highest BCUT2D eigenvalue weighted by molar-refractivity contribution is 7.62. The minimum Gasteiger partial charge on any atom is -0.382 e. The van der Waals surface area contributed by atoms with E-state index in [0.29, 0.717) is 19.8 Å². The smallest absolute Gasteiger partial charge is 0.330 e. The van der Waals surface area contributed by atoms with E-state index < -0.39 is 30.9 Å². The Morgan fingerprint density at radius 1 is 1.26 bits per heavy atom. The van der Waals surface area contributed by atoms with E-state index in [4.69, 9.17) is 23.5 Å². The molecule has 0 radical (unpaired) electrons. The fourth-order valence-electron chi connectivity index (χ4n) is 2.06. The molecule has 2 N–H and O–H groups in total. The Labute approximate surface area is 158 Å². The summed E-state index contributed by atoms with van der Waals surface area (Å²) in [6.45, 7) is 4.89. The lowest BCUT2D eigenvalue weighted by atomic mass is 10.4. The third-order valence-electron chi connectivity index (χ3n) is 3.24. The van der Waals surface area contributed by atoms with E-state index >= 15 is 0 Å². The molecule has 0 saturated heterocycles. The summed E-state index contributed by atoms with van der Waals surface area (Å²) in [6, 6.07) is 1.21. The van der Waals surface area contributed by atoms with Gasteiger partial charge < -0.3 is 28.4 Å². The molecule has 11 heteroatoms. The zero-order valence-corrected chi connectivity index (χ0v) is 16.9. The maximum atomic E-state index is 12.1. The van der Waals surface area contributed by atoms with Crippen molar-refractivity contribution in [3.8, 4) is 0 Å². The Balaban J connectivity index is 2.88. The van der Waals surface area contributed by atoms with Gasteiger partial charge >= 0.3 is 5.69 Å². The molecule has 1 heterocycles. The topological polar surface area (TPSA) is 121 Å². The fraction of sp³-hybridized carbons (Fsp3) is 0.688. The zero-order chi connectivity index (χ0) is 20.3. The van der Waals surface area contributed by atoms with Crippen LogP contribution < -0.4 is 11.2 Å². The summed E-state index contributed by atoms with van der Waals surface area (Å²) in [5.74, 6) is 0. The van der Waals surface area contributed by atoms with Crippen molar-refractivity contribution < 1.29 is 28.4 Å². The lowest BCUT2D eigenvalue weighted by Gasteiger charge is -2.26. The van der Waals surface area contributed by atoms with Crippen molar-refractivity contribution >= 4 is 13.6 Å². The van der Waals surface area contributed by atoms with E-state index in [-0.39, 0.29) is 19.8 Å². The SMILES string of the molecule is C=P(C)(O)OC[C@@H](COC)O[C@H](COCCOCC)n1ccc(=O)[nH]c1=O. The molecule has 0 amide bonds. The molecule has 156 valence electrons. The van der Waals surface area contributed by atoms with Gasteiger partial charge in [0.25, 0.3) is 5.56 Å². The molecule has 0 aliphatic heterocycles. The van der Waals surface area contributed by atoms with Crippen LogP contribution in [0.5, 0.6) is 0 Å². The van der Waals surface area contributed by atoms with Crippen molar-refractivity contribution in [1.29, 1.82) is 0 Å². The van der Waals surface area contributed by atoms with Gasteiger partial charge in [-0.3, -0.25) is 14.3 Å². The zero-order valence-electron chi connectivity index (χ0n) is 16.0. The van der Waals surface area contributed by atoms with E-state index in [1.165, 1.54) is 30.6 Å². The van der Waals surface area contributed by atoms with Crippen molar-refractivity contribution in [2.45, 2.75) is 19.3 Å². The Bertz CT molecular complexity index is 698. The summed E-state index contributed by atoms with van der Waals surface area (Å²) in [6.07, 6.45) is 3.45. The molecule has 0 spiro atoms. The first-order chi connectivity index (χ1) is 12.8. The standard InChI is InChI=1S/C16H29N2O8P/c1-5-23-8-9-24-12-15(18-7-6-14(19)17-16(18)20)26-13(10-22-2)11-25-27(3,4)21/h6-7,13,15,21H,3,5,8-12H2,1-2,4H3,(H,17,19,20)/t13-,15-,27?/m1/s1. The fourth-order valence-corrected chi connectivity index (χ4v) is 2.55. The maximum absolute atomic E-state index is 12.1. The summed E-state index contributed by atoms with van der Waals surface area (Å²) in [5, 5.41) is 0. The molecular weight excluding hydrogens is 379 g/mol. The van der Waals surface area contributed by atoms with Crippen molar-refractivity contribution in [3.05, 3.63) is 33.1 Å². The Kier molecular flexibility index (Phi) is 10.8. The summed E-state index contributed by atoms with van der Waals surface area (Å²) >= 11 is 0. The van der Waals surface area contributed by atoms with Crippen molar-refractivity contribution in [2.75, 3.05) is 53.4 Å². The van der Waals surface area contributed by atoms with Crippen LogP contribution in [0.2, 0.25) is 0 Å². The van der Waals surface area contributed by atoms with Gasteiger partial charge in [-0.05, 0) is 6.92 Å². The predicted octanol–water partition coefficient (Wildman–Crippen LogP) is 0.0382. The van der Waals surface area contributed by atoms with Gasteiger partial charge in [0.15, 0.2) is 6.23 Å². The van der Waals surface area contributed by atoms with Crippen LogP contribution in [0, 0.1) is 0 Å². The highest BCUT2D eigenvalue weighted by atomic mass is 31.2. The molecule has 1 rings (SSSR count). The average molecular weight is 408 g/mol. The predicted molar refractivity (Wildman–Crippen MR) is 103 cm³/mol. The largest absolute Gasteiger partial charge is 0.382 e. The van der Waals surface area contributed by atoms with Gasteiger partial charge in [-0.2, -0.15) is 0 Å². The van der Waals surface area contributed by atoms with Crippen LogP contribution in [0.3, 0.4) is 0 Å². The van der Waals surface area contributed by atoms with Gasteiger partial charge in [-0.15, -0.1) is 0 Å². The minimum atomic E-state index is -2.71. The number of hydrogen-bond donors (Lipinski definition) is 2. The number of aromatic amines is 1. The van der Waals surface area contributed by atoms with Crippen LogP contribution in [0.4, 0.5) is 0 Å². The molecule has 3 atom stereocenters. The van der Waals surface area contributed by atoms with Crippen LogP contribution in [0.15, 0.2) is 21.9 Å². The molecule has 0 aliphatic carbocycles. The monoisotopic (exact) mass is 408 g/mol. The van der Waals surface area contributed by atoms with Crippen LogP contribution in [0.25, 0.3) is 0 Å². The molecule has 0 fully saturated rings. The van der Waals surface area contributed by atoms with Crippen LogP contribution in [-0.2, 0) is 23.5 Å². The first-order valence-corrected chi connectivity index (χ1v) is 10.8. The third kappa shape index (κ3) is 10.0. The molecular formula is C16H29N2O8P. The molecule has 1 unspecified atom stereocenters. The normalized spacial score (nSPS) is 16.0.